The average molecular weight is 355 g/mol. The molecule has 0 aliphatic carbocycles. The molecule has 106 valence electrons. The Bertz CT molecular complexity index is 580. The fourth-order valence-electron chi connectivity index (χ4n) is 1.63. The summed E-state index contributed by atoms with van der Waals surface area (Å²) in [5.41, 5.74) is 0.532. The third-order valence-electron chi connectivity index (χ3n) is 2.58. The van der Waals surface area contributed by atoms with Gasteiger partial charge in [-0.1, -0.05) is 6.92 Å². The third-order valence-corrected chi connectivity index (χ3v) is 4.25. The molecule has 0 bridgehead atoms. The van der Waals surface area contributed by atoms with Crippen LogP contribution in [-0.2, 0) is 6.61 Å². The molecule has 0 radical (unpaired) electrons. The SMILES string of the molecule is CCCOc1ccc(C=O)c(OCc2cc(Br)cs2)c1. The Morgan fingerprint density at radius 3 is 2.80 bits per heavy atom. The molecular formula is C15H15BrO3S. The molecule has 0 atom stereocenters. The van der Waals surface area contributed by atoms with Crippen LogP contribution in [0.15, 0.2) is 34.1 Å². The highest BCUT2D eigenvalue weighted by Crippen LogP contribution is 2.26. The second kappa shape index (κ2) is 7.45. The van der Waals surface area contributed by atoms with E-state index in [1.165, 1.54) is 0 Å². The van der Waals surface area contributed by atoms with E-state index in [2.05, 4.69) is 15.9 Å². The second-order valence-corrected chi connectivity index (χ2v) is 6.10. The van der Waals surface area contributed by atoms with Gasteiger partial charge in [-0.3, -0.25) is 4.79 Å². The van der Waals surface area contributed by atoms with Crippen molar-refractivity contribution in [2.75, 3.05) is 6.61 Å². The zero-order valence-electron chi connectivity index (χ0n) is 11.1. The van der Waals surface area contributed by atoms with Gasteiger partial charge in [0.25, 0.3) is 0 Å². The van der Waals surface area contributed by atoms with Gasteiger partial charge in [0.2, 0.25) is 0 Å². The van der Waals surface area contributed by atoms with E-state index in [0.717, 1.165) is 27.8 Å². The molecule has 0 unspecified atom stereocenters. The minimum absolute atomic E-state index is 0.439. The van der Waals surface area contributed by atoms with Gasteiger partial charge in [0.1, 0.15) is 18.1 Å². The lowest BCUT2D eigenvalue weighted by atomic mass is 10.2. The fraction of sp³-hybridized carbons (Fsp3) is 0.267. The van der Waals surface area contributed by atoms with Crippen LogP contribution in [-0.4, -0.2) is 12.9 Å². The quantitative estimate of drug-likeness (QED) is 0.676. The Hall–Kier alpha value is -1.33. The Kier molecular flexibility index (Phi) is 5.61. The molecule has 0 spiro atoms. The molecule has 20 heavy (non-hydrogen) atoms. The minimum atomic E-state index is 0.439. The van der Waals surface area contributed by atoms with Gasteiger partial charge in [0, 0.05) is 20.8 Å². The highest BCUT2D eigenvalue weighted by atomic mass is 79.9. The number of aldehydes is 1. The summed E-state index contributed by atoms with van der Waals surface area (Å²) in [5.74, 6) is 1.28. The normalized spacial score (nSPS) is 10.3. The van der Waals surface area contributed by atoms with E-state index < -0.39 is 0 Å². The van der Waals surface area contributed by atoms with Gasteiger partial charge in [-0.15, -0.1) is 11.3 Å². The predicted molar refractivity (Wildman–Crippen MR) is 84.0 cm³/mol. The van der Waals surface area contributed by atoms with Crippen molar-refractivity contribution >= 4 is 33.6 Å². The van der Waals surface area contributed by atoms with Crippen LogP contribution in [0.1, 0.15) is 28.6 Å². The number of rotatable bonds is 7. The van der Waals surface area contributed by atoms with Crippen molar-refractivity contribution in [2.45, 2.75) is 20.0 Å². The summed E-state index contributed by atoms with van der Waals surface area (Å²) in [5, 5.41) is 2.00. The van der Waals surface area contributed by atoms with Crippen molar-refractivity contribution in [2.24, 2.45) is 0 Å². The lowest BCUT2D eigenvalue weighted by Gasteiger charge is -2.10. The highest BCUT2D eigenvalue weighted by molar-refractivity contribution is 9.10. The zero-order valence-corrected chi connectivity index (χ0v) is 13.5. The van der Waals surface area contributed by atoms with Gasteiger partial charge < -0.3 is 9.47 Å². The van der Waals surface area contributed by atoms with Gasteiger partial charge >= 0.3 is 0 Å². The first-order valence-electron chi connectivity index (χ1n) is 6.30. The first-order valence-corrected chi connectivity index (χ1v) is 7.98. The van der Waals surface area contributed by atoms with Crippen molar-refractivity contribution in [3.63, 3.8) is 0 Å². The van der Waals surface area contributed by atoms with Gasteiger partial charge in [-0.05, 0) is 40.5 Å². The molecule has 0 amide bonds. The smallest absolute Gasteiger partial charge is 0.153 e. The molecule has 2 aromatic rings. The molecule has 0 saturated heterocycles. The van der Waals surface area contributed by atoms with E-state index >= 15 is 0 Å². The van der Waals surface area contributed by atoms with E-state index in [-0.39, 0.29) is 0 Å². The maximum atomic E-state index is 11.0. The summed E-state index contributed by atoms with van der Waals surface area (Å²) in [6, 6.07) is 7.27. The van der Waals surface area contributed by atoms with Gasteiger partial charge in [-0.2, -0.15) is 0 Å². The molecule has 2 rings (SSSR count). The zero-order chi connectivity index (χ0) is 14.4. The first kappa shape index (κ1) is 15.1. The third kappa shape index (κ3) is 4.08. The van der Waals surface area contributed by atoms with Crippen LogP contribution in [0.3, 0.4) is 0 Å². The van der Waals surface area contributed by atoms with Crippen molar-refractivity contribution in [3.8, 4) is 11.5 Å². The molecule has 0 aliphatic heterocycles. The maximum Gasteiger partial charge on any atom is 0.153 e. The van der Waals surface area contributed by atoms with E-state index in [1.54, 1.807) is 29.5 Å². The first-order chi connectivity index (χ1) is 9.72. The lowest BCUT2D eigenvalue weighted by molar-refractivity contribution is 0.111. The number of carbonyl (C=O) groups excluding carboxylic acids is 1. The van der Waals surface area contributed by atoms with Crippen LogP contribution in [0.25, 0.3) is 0 Å². The van der Waals surface area contributed by atoms with Crippen LogP contribution >= 0.6 is 27.3 Å². The lowest BCUT2D eigenvalue weighted by Crippen LogP contribution is -1.99. The minimum Gasteiger partial charge on any atom is -0.493 e. The number of carbonyl (C=O) groups is 1. The largest absolute Gasteiger partial charge is 0.493 e. The summed E-state index contributed by atoms with van der Waals surface area (Å²) in [4.78, 5) is 12.1. The van der Waals surface area contributed by atoms with Crippen molar-refractivity contribution < 1.29 is 14.3 Å². The molecule has 5 heteroatoms. The fourth-order valence-corrected chi connectivity index (χ4v) is 2.99. The Balaban J connectivity index is 2.09. The molecule has 0 aliphatic rings. The molecule has 1 aromatic carbocycles. The summed E-state index contributed by atoms with van der Waals surface area (Å²) in [7, 11) is 0. The van der Waals surface area contributed by atoms with Crippen LogP contribution in [0, 0.1) is 0 Å². The summed E-state index contributed by atoms with van der Waals surface area (Å²) < 4.78 is 12.3. The van der Waals surface area contributed by atoms with Crippen molar-refractivity contribution in [3.05, 3.63) is 44.6 Å². The molecule has 0 N–H and O–H groups in total. The second-order valence-electron chi connectivity index (χ2n) is 4.19. The average Bonchev–Trinajstić information content (AvgIpc) is 2.88. The topological polar surface area (TPSA) is 35.5 Å². The number of halogens is 1. The van der Waals surface area contributed by atoms with E-state index in [9.17, 15) is 4.79 Å². The van der Waals surface area contributed by atoms with Crippen molar-refractivity contribution in [1.82, 2.24) is 0 Å². The number of hydrogen-bond acceptors (Lipinski definition) is 4. The monoisotopic (exact) mass is 354 g/mol. The molecule has 1 heterocycles. The Morgan fingerprint density at radius 1 is 1.30 bits per heavy atom. The van der Waals surface area contributed by atoms with Gasteiger partial charge in [0.15, 0.2) is 6.29 Å². The number of hydrogen-bond donors (Lipinski definition) is 0. The molecule has 1 aromatic heterocycles. The molecule has 0 fully saturated rings. The highest BCUT2D eigenvalue weighted by Gasteiger charge is 2.07. The Labute approximate surface area is 130 Å². The summed E-state index contributed by atoms with van der Waals surface area (Å²) in [6.45, 7) is 3.14. The van der Waals surface area contributed by atoms with Crippen molar-refractivity contribution in [1.29, 1.82) is 0 Å². The van der Waals surface area contributed by atoms with E-state index in [4.69, 9.17) is 9.47 Å². The van der Waals surface area contributed by atoms with Gasteiger partial charge in [0.05, 0.1) is 12.2 Å². The van der Waals surface area contributed by atoms with Crippen LogP contribution < -0.4 is 9.47 Å². The summed E-state index contributed by atoms with van der Waals surface area (Å²) >= 11 is 5.01. The van der Waals surface area contributed by atoms with E-state index in [1.807, 2.05) is 18.4 Å². The van der Waals surface area contributed by atoms with E-state index in [0.29, 0.717) is 24.5 Å². The molecule has 3 nitrogen and oxygen atoms in total. The predicted octanol–water partition coefficient (Wildman–Crippen LogP) is 4.69. The van der Waals surface area contributed by atoms with Crippen LogP contribution in [0.4, 0.5) is 0 Å². The molecular weight excluding hydrogens is 340 g/mol. The maximum absolute atomic E-state index is 11.0. The van der Waals surface area contributed by atoms with Crippen LogP contribution in [0.5, 0.6) is 11.5 Å². The number of benzene rings is 1. The Morgan fingerprint density at radius 2 is 2.15 bits per heavy atom. The standard InChI is InChI=1S/C15H15BrO3S/c1-2-5-18-13-4-3-11(8-17)15(7-13)19-9-14-6-12(16)10-20-14/h3-4,6-8,10H,2,5,9H2,1H3. The summed E-state index contributed by atoms with van der Waals surface area (Å²) in [6.07, 6.45) is 1.73. The van der Waals surface area contributed by atoms with Gasteiger partial charge in [-0.25, -0.2) is 0 Å². The van der Waals surface area contributed by atoms with Crippen LogP contribution in [0.2, 0.25) is 0 Å². The number of thiophene rings is 1. The number of ether oxygens (including phenoxy) is 2. The molecule has 0 saturated carbocycles.